The fourth-order valence-corrected chi connectivity index (χ4v) is 22.0. The third kappa shape index (κ3) is 6.45. The van der Waals surface area contributed by atoms with Crippen molar-refractivity contribution in [3.05, 3.63) is 113 Å². The third-order valence-corrected chi connectivity index (χ3v) is 21.8. The summed E-state index contributed by atoms with van der Waals surface area (Å²) in [6.45, 7) is 14.4. The number of halogens is 2. The van der Waals surface area contributed by atoms with Crippen LogP contribution in [0.15, 0.2) is 85.0 Å². The summed E-state index contributed by atoms with van der Waals surface area (Å²) in [7, 11) is 0. The van der Waals surface area contributed by atoms with Crippen LogP contribution in [-0.4, -0.2) is 3.26 Å². The van der Waals surface area contributed by atoms with Crippen LogP contribution in [0.4, 0.5) is 0 Å². The van der Waals surface area contributed by atoms with Gasteiger partial charge in [0.1, 0.15) is 0 Å². The first-order valence-corrected chi connectivity index (χ1v) is 21.2. The summed E-state index contributed by atoms with van der Waals surface area (Å²) >= 11 is -2.76. The van der Waals surface area contributed by atoms with Crippen LogP contribution in [-0.2, 0) is 38.2 Å². The van der Waals surface area contributed by atoms with Crippen LogP contribution in [0.3, 0.4) is 0 Å². The van der Waals surface area contributed by atoms with Gasteiger partial charge in [-0.25, -0.2) is 0 Å². The zero-order chi connectivity index (χ0) is 28.1. The third-order valence-electron chi connectivity index (χ3n) is 9.49. The van der Waals surface area contributed by atoms with Gasteiger partial charge in [0.05, 0.1) is 0 Å². The fraction of sp³-hybridized carbons (Fsp3) is 0.410. The molecule has 0 amide bonds. The van der Waals surface area contributed by atoms with Gasteiger partial charge in [-0.2, -0.15) is 0 Å². The molecular weight excluding hydrogens is 718 g/mol. The molecule has 0 bridgehead atoms. The van der Waals surface area contributed by atoms with Gasteiger partial charge in [0.25, 0.3) is 0 Å². The fourth-order valence-electron chi connectivity index (χ4n) is 7.40. The van der Waals surface area contributed by atoms with Crippen molar-refractivity contribution in [3.63, 3.8) is 0 Å². The SMILES string of the molecule is CC(C)(C)c1ccc2c(c1)Cc1c-2ccc(C(C)(C)C)[c]1[Hf+2](=[C](c1ccccc1)C1CCCCC1)[CH]1C=CC=C1.[Cl-].[Cl-]. The Labute approximate surface area is 274 Å². The van der Waals surface area contributed by atoms with E-state index < -0.39 is 21.0 Å². The van der Waals surface area contributed by atoms with Crippen LogP contribution in [0.1, 0.15) is 101 Å². The molecule has 0 saturated heterocycles. The van der Waals surface area contributed by atoms with Gasteiger partial charge in [-0.15, -0.1) is 0 Å². The predicted molar refractivity (Wildman–Crippen MR) is 171 cm³/mol. The van der Waals surface area contributed by atoms with E-state index in [0.29, 0.717) is 3.67 Å². The molecule has 1 saturated carbocycles. The van der Waals surface area contributed by atoms with Gasteiger partial charge in [0.15, 0.2) is 0 Å². The largest absolute Gasteiger partial charge is 1.00 e. The Hall–Kier alpha value is -1.54. The minimum atomic E-state index is -2.76. The standard InChI is InChI=1S/C21H25.C13H16.C5H5.2ClH.Hf/c1-20(2,3)16-7-9-18-14(12-16)11-15-13-17(21(4,5)6)8-10-19(15)18;1-3-7-12(8-4-1)11-13-9-5-2-6-10-13;1-2-4-5-3-1;;;/h7-10,12H,11H2,1-6H3;1,3-4,7-8,13H,2,5-6,9-10H2;1-5H;2*1H;/q;;;;;+2/p-2. The predicted octanol–water partition coefficient (Wildman–Crippen LogP) is 3.82. The summed E-state index contributed by atoms with van der Waals surface area (Å²) in [4.78, 5) is 0. The smallest absolute Gasteiger partial charge is 1.00 e. The van der Waals surface area contributed by atoms with Crippen molar-refractivity contribution in [3.8, 4) is 11.1 Å². The first-order valence-electron chi connectivity index (χ1n) is 15.6. The van der Waals surface area contributed by atoms with Gasteiger partial charge in [-0.1, -0.05) is 0 Å². The maximum absolute atomic E-state index is 2.76. The van der Waals surface area contributed by atoms with Crippen LogP contribution in [0.5, 0.6) is 0 Å². The first kappa shape index (κ1) is 33.4. The maximum atomic E-state index is 2.57. The van der Waals surface area contributed by atoms with E-state index in [1.807, 2.05) is 6.58 Å². The monoisotopic (exact) mass is 764 g/mol. The van der Waals surface area contributed by atoms with Crippen molar-refractivity contribution in [1.29, 1.82) is 0 Å². The van der Waals surface area contributed by atoms with Gasteiger partial charge in [0.2, 0.25) is 0 Å². The van der Waals surface area contributed by atoms with E-state index >= 15 is 0 Å². The second kappa shape index (κ2) is 13.2. The molecule has 6 rings (SSSR count). The van der Waals surface area contributed by atoms with E-state index in [0.717, 1.165) is 12.3 Å². The maximum Gasteiger partial charge on any atom is -1.00 e. The van der Waals surface area contributed by atoms with Crippen molar-refractivity contribution in [2.45, 2.75) is 94.6 Å². The number of rotatable bonds is 4. The number of hydrogen-bond acceptors (Lipinski definition) is 0. The minimum Gasteiger partial charge on any atom is -1.00 e. The van der Waals surface area contributed by atoms with E-state index in [4.69, 9.17) is 0 Å². The zero-order valence-corrected chi connectivity index (χ0v) is 31.3. The molecule has 3 aliphatic carbocycles. The minimum absolute atomic E-state index is 0. The van der Waals surface area contributed by atoms with E-state index in [1.165, 1.54) is 54.4 Å². The Morgan fingerprint density at radius 2 is 1.36 bits per heavy atom. The van der Waals surface area contributed by atoms with Crippen LogP contribution in [0.25, 0.3) is 11.1 Å². The zero-order valence-electron chi connectivity index (χ0n) is 26.2. The van der Waals surface area contributed by atoms with Crippen molar-refractivity contribution >= 4 is 6.58 Å². The molecule has 0 N–H and O–H groups in total. The molecule has 42 heavy (non-hydrogen) atoms. The second-order valence-electron chi connectivity index (χ2n) is 14.4. The summed E-state index contributed by atoms with van der Waals surface area (Å²) in [5.74, 6) is 0.737. The van der Waals surface area contributed by atoms with E-state index in [-0.39, 0.29) is 35.6 Å². The van der Waals surface area contributed by atoms with Gasteiger partial charge in [-0.3, -0.25) is 0 Å². The molecule has 0 nitrogen and oxygen atoms in total. The average Bonchev–Trinajstić information content (AvgIpc) is 3.59. The molecule has 1 fully saturated rings. The van der Waals surface area contributed by atoms with E-state index in [1.54, 1.807) is 16.7 Å². The summed E-state index contributed by atoms with van der Waals surface area (Å²) in [6.07, 6.45) is 17.8. The Morgan fingerprint density at radius 1 is 0.714 bits per heavy atom. The number of fused-ring (bicyclic) bond motifs is 3. The molecule has 0 spiro atoms. The molecule has 0 unspecified atom stereocenters. The van der Waals surface area contributed by atoms with Crippen molar-refractivity contribution < 1.29 is 45.8 Å². The number of hydrogen-bond donors (Lipinski definition) is 0. The Balaban J connectivity index is 0.00000202. The molecule has 0 atom stereocenters. The summed E-state index contributed by atoms with van der Waals surface area (Å²) in [5.41, 5.74) is 11.1. The summed E-state index contributed by atoms with van der Waals surface area (Å²) in [6, 6.07) is 24.0. The van der Waals surface area contributed by atoms with Crippen LogP contribution >= 0.6 is 0 Å². The van der Waals surface area contributed by atoms with Crippen molar-refractivity contribution in [1.82, 2.24) is 0 Å². The summed E-state index contributed by atoms with van der Waals surface area (Å²) < 4.78 is 4.33. The van der Waals surface area contributed by atoms with Gasteiger partial charge < -0.3 is 24.8 Å². The van der Waals surface area contributed by atoms with Crippen molar-refractivity contribution in [2.75, 3.05) is 0 Å². The second-order valence-corrected chi connectivity index (χ2v) is 23.5. The van der Waals surface area contributed by atoms with Crippen LogP contribution in [0, 0.1) is 5.92 Å². The Kier molecular flexibility index (Phi) is 10.5. The molecule has 3 aliphatic rings. The van der Waals surface area contributed by atoms with Crippen LogP contribution in [0.2, 0.25) is 3.67 Å². The molecule has 0 heterocycles. The Bertz CT molecular complexity index is 1490. The number of allylic oxidation sites excluding steroid dienone is 4. The molecule has 3 aromatic rings. The molecule has 3 aromatic carbocycles. The molecule has 0 radical (unpaired) electrons. The van der Waals surface area contributed by atoms with E-state index in [9.17, 15) is 0 Å². The van der Waals surface area contributed by atoms with Crippen molar-refractivity contribution in [2.24, 2.45) is 5.92 Å². The Morgan fingerprint density at radius 3 is 1.98 bits per heavy atom. The first-order chi connectivity index (χ1) is 19.1. The van der Waals surface area contributed by atoms with Crippen LogP contribution < -0.4 is 28.1 Å². The number of benzene rings is 3. The molecule has 3 heteroatoms. The van der Waals surface area contributed by atoms with Gasteiger partial charge in [-0.05, 0) is 0 Å². The average molecular weight is 764 g/mol. The topological polar surface area (TPSA) is 0 Å². The quantitative estimate of drug-likeness (QED) is 0.278. The van der Waals surface area contributed by atoms with Gasteiger partial charge >= 0.3 is 252 Å². The molecular formula is C39H46Cl2Hf. The molecule has 220 valence electrons. The normalized spacial score (nSPS) is 16.9. The van der Waals surface area contributed by atoms with E-state index in [2.05, 4.69) is 127 Å². The molecule has 0 aliphatic heterocycles. The van der Waals surface area contributed by atoms with Gasteiger partial charge in [0, 0.05) is 0 Å². The molecule has 0 aromatic heterocycles. The summed E-state index contributed by atoms with van der Waals surface area (Å²) in [5, 5.41) is 0.